The highest BCUT2D eigenvalue weighted by atomic mass is 28.4. The Hall–Kier alpha value is -1.68. The molecule has 2 aromatic carbocycles. The third-order valence-electron chi connectivity index (χ3n) is 5.17. The van der Waals surface area contributed by atoms with Crippen molar-refractivity contribution >= 4 is 18.7 Å². The van der Waals surface area contributed by atoms with Crippen molar-refractivity contribution in [3.8, 4) is 0 Å². The lowest BCUT2D eigenvalue weighted by molar-refractivity contribution is 0.0190. The highest BCUT2D eigenvalue weighted by Crippen LogP contribution is 2.38. The van der Waals surface area contributed by atoms with Crippen LogP contribution in [0.15, 0.2) is 73.3 Å². The molecule has 0 heterocycles. The molecular weight excluding hydrogens is 336 g/mol. The monoisotopic (exact) mass is 368 g/mol. The van der Waals surface area contributed by atoms with Crippen LogP contribution in [-0.4, -0.2) is 25.6 Å². The van der Waals surface area contributed by atoms with Crippen LogP contribution in [0.1, 0.15) is 34.6 Å². The maximum atomic E-state index is 10.7. The first-order valence-corrected chi connectivity index (χ1v) is 11.2. The average molecular weight is 369 g/mol. The van der Waals surface area contributed by atoms with E-state index in [0.29, 0.717) is 0 Å². The van der Waals surface area contributed by atoms with E-state index in [1.807, 2.05) is 26.0 Å². The fourth-order valence-corrected chi connectivity index (χ4v) is 8.32. The molecule has 0 aliphatic carbocycles. The van der Waals surface area contributed by atoms with Crippen molar-refractivity contribution in [3.63, 3.8) is 0 Å². The van der Waals surface area contributed by atoms with Gasteiger partial charge in [0.1, 0.15) is 0 Å². The van der Waals surface area contributed by atoms with E-state index in [0.717, 1.165) is 0 Å². The molecule has 0 spiro atoms. The summed E-state index contributed by atoms with van der Waals surface area (Å²) in [6, 6.07) is 21.0. The summed E-state index contributed by atoms with van der Waals surface area (Å²) in [5.74, 6) is -0.0248. The summed E-state index contributed by atoms with van der Waals surface area (Å²) in [5, 5.41) is 13.1. The van der Waals surface area contributed by atoms with Gasteiger partial charge in [0.15, 0.2) is 0 Å². The fourth-order valence-electron chi connectivity index (χ4n) is 3.61. The Morgan fingerprint density at radius 1 is 0.923 bits per heavy atom. The van der Waals surface area contributed by atoms with E-state index in [1.54, 1.807) is 6.08 Å². The molecule has 140 valence electrons. The SMILES string of the molecule is C=C[C@H](C)[C@H](O)[C@H](C)O[Si](c1ccccc1)(c1ccccc1)C(C)(C)C. The van der Waals surface area contributed by atoms with E-state index in [1.165, 1.54) is 10.4 Å². The third kappa shape index (κ3) is 4.01. The van der Waals surface area contributed by atoms with Crippen molar-refractivity contribution in [1.29, 1.82) is 0 Å². The van der Waals surface area contributed by atoms with E-state index >= 15 is 0 Å². The van der Waals surface area contributed by atoms with E-state index in [4.69, 9.17) is 4.43 Å². The number of aliphatic hydroxyl groups excluding tert-OH is 1. The van der Waals surface area contributed by atoms with Crippen LogP contribution in [0.3, 0.4) is 0 Å². The van der Waals surface area contributed by atoms with Gasteiger partial charge in [0.2, 0.25) is 0 Å². The molecule has 0 fully saturated rings. The molecule has 2 nitrogen and oxygen atoms in total. The molecular formula is C23H32O2Si. The summed E-state index contributed by atoms with van der Waals surface area (Å²) >= 11 is 0. The summed E-state index contributed by atoms with van der Waals surface area (Å²) < 4.78 is 6.90. The smallest absolute Gasteiger partial charge is 0.261 e. The van der Waals surface area contributed by atoms with Crippen LogP contribution < -0.4 is 10.4 Å². The first kappa shape index (κ1) is 20.6. The van der Waals surface area contributed by atoms with Gasteiger partial charge in [0, 0.05) is 5.92 Å². The van der Waals surface area contributed by atoms with Crippen molar-refractivity contribution in [1.82, 2.24) is 0 Å². The van der Waals surface area contributed by atoms with Gasteiger partial charge >= 0.3 is 0 Å². The van der Waals surface area contributed by atoms with Crippen LogP contribution in [0, 0.1) is 5.92 Å². The molecule has 0 saturated carbocycles. The van der Waals surface area contributed by atoms with E-state index in [2.05, 4.69) is 75.9 Å². The zero-order valence-corrected chi connectivity index (χ0v) is 17.6. The summed E-state index contributed by atoms with van der Waals surface area (Å²) in [4.78, 5) is 0. The average Bonchev–Trinajstić information content (AvgIpc) is 2.65. The van der Waals surface area contributed by atoms with Crippen molar-refractivity contribution in [2.75, 3.05) is 0 Å². The summed E-state index contributed by atoms with van der Waals surface area (Å²) in [7, 11) is -2.63. The van der Waals surface area contributed by atoms with Gasteiger partial charge in [-0.2, -0.15) is 0 Å². The summed E-state index contributed by atoms with van der Waals surface area (Å²) in [6.45, 7) is 14.5. The lowest BCUT2D eigenvalue weighted by Gasteiger charge is -2.45. The molecule has 0 aliphatic rings. The maximum absolute atomic E-state index is 10.7. The van der Waals surface area contributed by atoms with Crippen LogP contribution in [0.2, 0.25) is 5.04 Å². The highest BCUT2D eigenvalue weighted by Gasteiger charge is 2.51. The van der Waals surface area contributed by atoms with Gasteiger partial charge in [-0.05, 0) is 22.3 Å². The molecule has 0 bridgehead atoms. The second kappa shape index (κ2) is 8.34. The van der Waals surface area contributed by atoms with Crippen LogP contribution in [0.25, 0.3) is 0 Å². The molecule has 3 heteroatoms. The van der Waals surface area contributed by atoms with Crippen LogP contribution in [0.4, 0.5) is 0 Å². The molecule has 0 amide bonds. The van der Waals surface area contributed by atoms with Crippen LogP contribution in [-0.2, 0) is 4.43 Å². The van der Waals surface area contributed by atoms with Gasteiger partial charge in [0.05, 0.1) is 12.2 Å². The predicted molar refractivity (Wildman–Crippen MR) is 114 cm³/mol. The Labute approximate surface area is 159 Å². The molecule has 0 aliphatic heterocycles. The fraction of sp³-hybridized carbons (Fsp3) is 0.391. The molecule has 0 unspecified atom stereocenters. The molecule has 0 saturated heterocycles. The van der Waals surface area contributed by atoms with Gasteiger partial charge in [-0.15, -0.1) is 6.58 Å². The number of rotatable bonds is 7. The van der Waals surface area contributed by atoms with Gasteiger partial charge in [-0.1, -0.05) is 94.4 Å². The van der Waals surface area contributed by atoms with Crippen molar-refractivity contribution in [3.05, 3.63) is 73.3 Å². The van der Waals surface area contributed by atoms with Gasteiger partial charge < -0.3 is 9.53 Å². The molecule has 0 aromatic heterocycles. The molecule has 0 radical (unpaired) electrons. The summed E-state index contributed by atoms with van der Waals surface area (Å²) in [5.41, 5.74) is 0. The first-order valence-electron chi connectivity index (χ1n) is 9.33. The van der Waals surface area contributed by atoms with Crippen LogP contribution in [0.5, 0.6) is 0 Å². The zero-order valence-electron chi connectivity index (χ0n) is 16.6. The lowest BCUT2D eigenvalue weighted by atomic mass is 10.0. The largest absolute Gasteiger partial charge is 0.402 e. The standard InChI is InChI=1S/C23H32O2Si/c1-7-18(2)22(24)19(3)25-26(23(4,5)6,20-14-10-8-11-15-20)21-16-12-9-13-17-21/h7-19,22,24H,1H2,2-6H3/t18-,19-,22-/m0/s1. The van der Waals surface area contributed by atoms with Gasteiger partial charge in [-0.25, -0.2) is 0 Å². The predicted octanol–water partition coefficient (Wildman–Crippen LogP) is 4.13. The minimum atomic E-state index is -2.63. The third-order valence-corrected chi connectivity index (χ3v) is 10.3. The highest BCUT2D eigenvalue weighted by molar-refractivity contribution is 6.99. The van der Waals surface area contributed by atoms with Gasteiger partial charge in [-0.3, -0.25) is 0 Å². The summed E-state index contributed by atoms with van der Waals surface area (Å²) in [6.07, 6.45) is 0.902. The Morgan fingerprint density at radius 3 is 1.69 bits per heavy atom. The van der Waals surface area contributed by atoms with Crippen molar-refractivity contribution in [2.45, 2.75) is 51.9 Å². The number of hydrogen-bond acceptors (Lipinski definition) is 2. The second-order valence-electron chi connectivity index (χ2n) is 8.07. The maximum Gasteiger partial charge on any atom is 0.261 e. The molecule has 2 aromatic rings. The normalized spacial score (nSPS) is 15.9. The quantitative estimate of drug-likeness (QED) is 0.588. The Kier molecular flexibility index (Phi) is 6.62. The van der Waals surface area contributed by atoms with E-state index < -0.39 is 14.4 Å². The molecule has 1 N–H and O–H groups in total. The van der Waals surface area contributed by atoms with E-state index in [9.17, 15) is 5.11 Å². The lowest BCUT2D eigenvalue weighted by Crippen LogP contribution is -2.68. The second-order valence-corrected chi connectivity index (χ2v) is 12.3. The number of hydrogen-bond donors (Lipinski definition) is 1. The Morgan fingerprint density at radius 2 is 1.35 bits per heavy atom. The molecule has 3 atom stereocenters. The zero-order chi connectivity index (χ0) is 19.4. The van der Waals surface area contributed by atoms with E-state index in [-0.39, 0.29) is 17.1 Å². The van der Waals surface area contributed by atoms with Gasteiger partial charge in [0.25, 0.3) is 8.32 Å². The van der Waals surface area contributed by atoms with Crippen molar-refractivity contribution in [2.24, 2.45) is 5.92 Å². The first-order chi connectivity index (χ1) is 12.2. The Bertz CT molecular complexity index is 652. The molecule has 2 rings (SSSR count). The van der Waals surface area contributed by atoms with Crippen LogP contribution >= 0.6 is 0 Å². The Balaban J connectivity index is 2.63. The number of aliphatic hydroxyl groups is 1. The van der Waals surface area contributed by atoms with Crippen molar-refractivity contribution < 1.29 is 9.53 Å². The molecule has 26 heavy (non-hydrogen) atoms. The number of benzene rings is 2. The topological polar surface area (TPSA) is 29.5 Å². The minimum absolute atomic E-state index is 0.0248. The minimum Gasteiger partial charge on any atom is -0.402 e.